The first-order chi connectivity index (χ1) is 7.66. The van der Waals surface area contributed by atoms with E-state index in [0.29, 0.717) is 11.2 Å². The van der Waals surface area contributed by atoms with Crippen LogP contribution in [0.25, 0.3) is 0 Å². The van der Waals surface area contributed by atoms with Crippen LogP contribution in [0.5, 0.6) is 0 Å². The van der Waals surface area contributed by atoms with Crippen LogP contribution in [0, 0.1) is 0 Å². The molecule has 1 aromatic heterocycles. The molecule has 0 saturated carbocycles. The van der Waals surface area contributed by atoms with Gasteiger partial charge >= 0.3 is 0 Å². The van der Waals surface area contributed by atoms with Gasteiger partial charge in [0.2, 0.25) is 0 Å². The molecule has 0 spiro atoms. The minimum atomic E-state index is 0.551. The first-order valence-corrected chi connectivity index (χ1v) is 6.07. The van der Waals surface area contributed by atoms with E-state index in [-0.39, 0.29) is 0 Å². The van der Waals surface area contributed by atoms with Crippen LogP contribution in [-0.2, 0) is 0 Å². The van der Waals surface area contributed by atoms with Crippen molar-refractivity contribution in [2.24, 2.45) is 0 Å². The number of likely N-dealkylation sites (tertiary alicyclic amines) is 1. The summed E-state index contributed by atoms with van der Waals surface area (Å²) < 4.78 is 0. The maximum absolute atomic E-state index is 5.77. The Hall–Kier alpha value is -0.800. The Morgan fingerprint density at radius 2 is 2.38 bits per heavy atom. The molecule has 4 heteroatoms. The SMILES string of the molecule is CN(C[C@@H]1CCCN1C)c1ccc(Cl)nc1. The summed E-state index contributed by atoms with van der Waals surface area (Å²) in [6.45, 7) is 2.27. The lowest BCUT2D eigenvalue weighted by molar-refractivity contribution is 0.314. The molecule has 0 amide bonds. The maximum Gasteiger partial charge on any atom is 0.129 e. The van der Waals surface area contributed by atoms with Crippen molar-refractivity contribution >= 4 is 17.3 Å². The van der Waals surface area contributed by atoms with Crippen molar-refractivity contribution in [3.8, 4) is 0 Å². The molecule has 16 heavy (non-hydrogen) atoms. The van der Waals surface area contributed by atoms with Gasteiger partial charge in [0.05, 0.1) is 11.9 Å². The van der Waals surface area contributed by atoms with E-state index in [2.05, 4.69) is 28.9 Å². The Morgan fingerprint density at radius 1 is 1.56 bits per heavy atom. The quantitative estimate of drug-likeness (QED) is 0.755. The van der Waals surface area contributed by atoms with Gasteiger partial charge in [0, 0.05) is 19.6 Å². The van der Waals surface area contributed by atoms with E-state index in [4.69, 9.17) is 11.6 Å². The first-order valence-electron chi connectivity index (χ1n) is 5.70. The topological polar surface area (TPSA) is 19.4 Å². The third kappa shape index (κ3) is 2.66. The monoisotopic (exact) mass is 239 g/mol. The van der Waals surface area contributed by atoms with Crippen molar-refractivity contribution in [3.05, 3.63) is 23.5 Å². The Kier molecular flexibility index (Phi) is 3.66. The highest BCUT2D eigenvalue weighted by atomic mass is 35.5. The number of anilines is 1. The predicted molar refractivity (Wildman–Crippen MR) is 68.2 cm³/mol. The van der Waals surface area contributed by atoms with Gasteiger partial charge in [-0.2, -0.15) is 0 Å². The zero-order chi connectivity index (χ0) is 11.5. The van der Waals surface area contributed by atoms with Crippen LogP contribution in [0.15, 0.2) is 18.3 Å². The molecule has 0 radical (unpaired) electrons. The van der Waals surface area contributed by atoms with Crippen molar-refractivity contribution in [2.75, 3.05) is 32.1 Å². The molecule has 1 fully saturated rings. The third-order valence-electron chi connectivity index (χ3n) is 3.31. The van der Waals surface area contributed by atoms with E-state index < -0.39 is 0 Å². The summed E-state index contributed by atoms with van der Waals surface area (Å²) in [5.74, 6) is 0. The van der Waals surface area contributed by atoms with Crippen LogP contribution < -0.4 is 4.90 Å². The maximum atomic E-state index is 5.77. The smallest absolute Gasteiger partial charge is 0.129 e. The lowest BCUT2D eigenvalue weighted by Crippen LogP contribution is -2.36. The van der Waals surface area contributed by atoms with Crippen molar-refractivity contribution in [1.82, 2.24) is 9.88 Å². The molecule has 88 valence electrons. The van der Waals surface area contributed by atoms with Crippen LogP contribution in [0.3, 0.4) is 0 Å². The van der Waals surface area contributed by atoms with Crippen LogP contribution >= 0.6 is 11.6 Å². The predicted octanol–water partition coefficient (Wildman–Crippen LogP) is 2.27. The van der Waals surface area contributed by atoms with Crippen molar-refractivity contribution < 1.29 is 0 Å². The van der Waals surface area contributed by atoms with Gasteiger partial charge in [-0.3, -0.25) is 0 Å². The minimum absolute atomic E-state index is 0.551. The first kappa shape index (κ1) is 11.7. The number of rotatable bonds is 3. The second-order valence-corrected chi connectivity index (χ2v) is 4.88. The fourth-order valence-corrected chi connectivity index (χ4v) is 2.34. The Labute approximate surface area is 102 Å². The average Bonchev–Trinajstić information content (AvgIpc) is 2.65. The van der Waals surface area contributed by atoms with Gasteiger partial charge < -0.3 is 9.80 Å². The normalized spacial score (nSPS) is 21.3. The number of hydrogen-bond acceptors (Lipinski definition) is 3. The zero-order valence-electron chi connectivity index (χ0n) is 9.86. The van der Waals surface area contributed by atoms with Gasteiger partial charge in [0.15, 0.2) is 0 Å². The highest BCUT2D eigenvalue weighted by Crippen LogP contribution is 2.19. The molecule has 1 saturated heterocycles. The lowest BCUT2D eigenvalue weighted by atomic mass is 10.2. The highest BCUT2D eigenvalue weighted by Gasteiger charge is 2.22. The summed E-state index contributed by atoms with van der Waals surface area (Å²) in [6.07, 6.45) is 4.44. The van der Waals surface area contributed by atoms with Gasteiger partial charge in [0.25, 0.3) is 0 Å². The van der Waals surface area contributed by atoms with E-state index in [1.54, 1.807) is 0 Å². The van der Waals surface area contributed by atoms with Crippen LogP contribution in [0.2, 0.25) is 5.15 Å². The number of hydrogen-bond donors (Lipinski definition) is 0. The number of nitrogens with zero attached hydrogens (tertiary/aromatic N) is 3. The lowest BCUT2D eigenvalue weighted by Gasteiger charge is -2.27. The Balaban J connectivity index is 1.97. The van der Waals surface area contributed by atoms with Crippen LogP contribution in [0.1, 0.15) is 12.8 Å². The van der Waals surface area contributed by atoms with Gasteiger partial charge in [-0.1, -0.05) is 11.6 Å². The molecular weight excluding hydrogens is 222 g/mol. The summed E-state index contributed by atoms with van der Waals surface area (Å²) in [5, 5.41) is 0.551. The zero-order valence-corrected chi connectivity index (χ0v) is 10.6. The standard InChI is InChI=1S/C12H18ClN3/c1-15-7-3-4-11(15)9-16(2)10-5-6-12(13)14-8-10/h5-6,8,11H,3-4,7,9H2,1-2H3/t11-/m0/s1. The molecule has 1 aromatic rings. The fraction of sp³-hybridized carbons (Fsp3) is 0.583. The molecule has 3 nitrogen and oxygen atoms in total. The molecule has 1 aliphatic rings. The second-order valence-electron chi connectivity index (χ2n) is 4.50. The molecule has 0 bridgehead atoms. The van der Waals surface area contributed by atoms with Crippen molar-refractivity contribution in [1.29, 1.82) is 0 Å². The summed E-state index contributed by atoms with van der Waals surface area (Å²) in [5.41, 5.74) is 1.13. The summed E-state index contributed by atoms with van der Waals surface area (Å²) in [4.78, 5) is 8.78. The van der Waals surface area contributed by atoms with Crippen LogP contribution in [-0.4, -0.2) is 43.1 Å². The molecule has 0 unspecified atom stereocenters. The Bertz CT molecular complexity index is 339. The van der Waals surface area contributed by atoms with Crippen molar-refractivity contribution in [3.63, 3.8) is 0 Å². The average molecular weight is 240 g/mol. The number of likely N-dealkylation sites (N-methyl/N-ethyl adjacent to an activating group) is 2. The Morgan fingerprint density at radius 3 is 2.94 bits per heavy atom. The summed E-state index contributed by atoms with van der Waals surface area (Å²) in [7, 11) is 4.31. The largest absolute Gasteiger partial charge is 0.372 e. The van der Waals surface area contributed by atoms with E-state index in [9.17, 15) is 0 Å². The fourth-order valence-electron chi connectivity index (χ4n) is 2.23. The number of halogens is 1. The van der Waals surface area contributed by atoms with E-state index in [1.165, 1.54) is 19.4 Å². The number of pyridine rings is 1. The molecule has 2 heterocycles. The van der Waals surface area contributed by atoms with Crippen molar-refractivity contribution in [2.45, 2.75) is 18.9 Å². The van der Waals surface area contributed by atoms with Gasteiger partial charge in [-0.15, -0.1) is 0 Å². The number of aromatic nitrogens is 1. The summed E-state index contributed by atoms with van der Waals surface area (Å²) >= 11 is 5.77. The van der Waals surface area contributed by atoms with Gasteiger partial charge in [-0.25, -0.2) is 4.98 Å². The van der Waals surface area contributed by atoms with Gasteiger partial charge in [-0.05, 0) is 38.6 Å². The van der Waals surface area contributed by atoms with E-state index >= 15 is 0 Å². The highest BCUT2D eigenvalue weighted by molar-refractivity contribution is 6.29. The minimum Gasteiger partial charge on any atom is -0.372 e. The van der Waals surface area contributed by atoms with E-state index in [0.717, 1.165) is 12.2 Å². The molecule has 0 aliphatic carbocycles. The second kappa shape index (κ2) is 5.02. The molecule has 2 rings (SSSR count). The molecule has 0 N–H and O–H groups in total. The summed E-state index contributed by atoms with van der Waals surface area (Å²) in [6, 6.07) is 4.52. The van der Waals surface area contributed by atoms with Crippen LogP contribution in [0.4, 0.5) is 5.69 Å². The molecule has 0 aromatic carbocycles. The van der Waals surface area contributed by atoms with Gasteiger partial charge in [0.1, 0.15) is 5.15 Å². The molecule has 1 atom stereocenters. The molecule has 1 aliphatic heterocycles. The molecular formula is C12H18ClN3. The van der Waals surface area contributed by atoms with E-state index in [1.807, 2.05) is 18.3 Å². The third-order valence-corrected chi connectivity index (χ3v) is 3.53.